The van der Waals surface area contributed by atoms with Crippen LogP contribution >= 0.6 is 0 Å². The van der Waals surface area contributed by atoms with Crippen molar-refractivity contribution in [2.24, 2.45) is 0 Å². The van der Waals surface area contributed by atoms with Crippen LogP contribution in [-0.4, -0.2) is 61.0 Å². The van der Waals surface area contributed by atoms with E-state index in [1.807, 2.05) is 36.4 Å². The fourth-order valence-electron chi connectivity index (χ4n) is 4.51. The first-order chi connectivity index (χ1) is 14.5. The Bertz CT molecular complexity index is 1160. The van der Waals surface area contributed by atoms with Gasteiger partial charge in [0.05, 0.1) is 17.7 Å². The van der Waals surface area contributed by atoms with Crippen LogP contribution in [0.3, 0.4) is 0 Å². The summed E-state index contributed by atoms with van der Waals surface area (Å²) in [5, 5.41) is 0.827. The van der Waals surface area contributed by atoms with Crippen molar-refractivity contribution in [2.75, 3.05) is 26.7 Å². The van der Waals surface area contributed by atoms with Crippen LogP contribution in [0.4, 0.5) is 0 Å². The summed E-state index contributed by atoms with van der Waals surface area (Å²) in [4.78, 5) is 6.88. The van der Waals surface area contributed by atoms with Crippen molar-refractivity contribution in [3.05, 3.63) is 72.4 Å². The SMILES string of the molecule is CN(Cc1ccccc1)C1COC2(C1)CN(S(=O)(=O)c1cccc3cccnc13)C2. The molecule has 1 atom stereocenters. The largest absolute Gasteiger partial charge is 0.371 e. The smallest absolute Gasteiger partial charge is 0.245 e. The molecule has 2 aliphatic heterocycles. The molecular formula is C23H25N3O3S. The first kappa shape index (κ1) is 19.6. The lowest BCUT2D eigenvalue weighted by Crippen LogP contribution is -2.63. The fourth-order valence-corrected chi connectivity index (χ4v) is 6.27. The van der Waals surface area contributed by atoms with Gasteiger partial charge in [0, 0.05) is 37.3 Å². The van der Waals surface area contributed by atoms with Gasteiger partial charge in [-0.05, 0) is 31.2 Å². The van der Waals surface area contributed by atoms with Crippen molar-refractivity contribution in [3.8, 4) is 0 Å². The van der Waals surface area contributed by atoms with Crippen LogP contribution in [0.25, 0.3) is 10.9 Å². The maximum absolute atomic E-state index is 13.2. The standard InChI is InChI=1S/C23H25N3O3S/c1-25(14-18-7-3-2-4-8-18)20-13-23(29-15-20)16-26(17-23)30(27,28)21-11-5-9-19-10-6-12-24-22(19)21/h2-12,20H,13-17H2,1H3. The van der Waals surface area contributed by atoms with E-state index in [2.05, 4.69) is 29.1 Å². The molecule has 2 aliphatic rings. The molecule has 7 heteroatoms. The Morgan fingerprint density at radius 3 is 2.67 bits per heavy atom. The van der Waals surface area contributed by atoms with E-state index in [1.54, 1.807) is 18.3 Å². The fraction of sp³-hybridized carbons (Fsp3) is 0.348. The third-order valence-corrected chi connectivity index (χ3v) is 8.05. The summed E-state index contributed by atoms with van der Waals surface area (Å²) in [6.45, 7) is 2.28. The topological polar surface area (TPSA) is 62.7 Å². The van der Waals surface area contributed by atoms with Gasteiger partial charge < -0.3 is 4.74 Å². The molecule has 0 saturated carbocycles. The Balaban J connectivity index is 1.28. The average molecular weight is 424 g/mol. The Hall–Kier alpha value is -2.32. The Morgan fingerprint density at radius 2 is 1.87 bits per heavy atom. The minimum absolute atomic E-state index is 0.270. The van der Waals surface area contributed by atoms with Crippen LogP contribution in [0.2, 0.25) is 0 Å². The number of fused-ring (bicyclic) bond motifs is 1. The number of nitrogens with zero attached hydrogens (tertiary/aromatic N) is 3. The van der Waals surface area contributed by atoms with Crippen LogP contribution in [0.1, 0.15) is 12.0 Å². The molecule has 6 nitrogen and oxygen atoms in total. The molecule has 2 aromatic carbocycles. The normalized spacial score (nSPS) is 21.3. The monoisotopic (exact) mass is 423 g/mol. The summed E-state index contributed by atoms with van der Waals surface area (Å²) in [6, 6.07) is 19.6. The first-order valence-electron chi connectivity index (χ1n) is 10.2. The van der Waals surface area contributed by atoms with Crippen molar-refractivity contribution < 1.29 is 13.2 Å². The van der Waals surface area contributed by atoms with Gasteiger partial charge >= 0.3 is 0 Å². The molecule has 1 aromatic heterocycles. The number of hydrogen-bond donors (Lipinski definition) is 0. The highest BCUT2D eigenvalue weighted by Crippen LogP contribution is 2.40. The van der Waals surface area contributed by atoms with Gasteiger partial charge in [0.2, 0.25) is 10.0 Å². The molecule has 0 bridgehead atoms. The van der Waals surface area contributed by atoms with Crippen molar-refractivity contribution in [3.63, 3.8) is 0 Å². The van der Waals surface area contributed by atoms with Gasteiger partial charge in [0.15, 0.2) is 0 Å². The number of para-hydroxylation sites is 1. The van der Waals surface area contributed by atoms with Crippen LogP contribution in [0, 0.1) is 0 Å². The molecule has 2 fully saturated rings. The molecular weight excluding hydrogens is 398 g/mol. The van der Waals surface area contributed by atoms with E-state index in [0.29, 0.717) is 25.2 Å². The van der Waals surface area contributed by atoms with Crippen molar-refractivity contribution in [1.29, 1.82) is 0 Å². The minimum Gasteiger partial charge on any atom is -0.371 e. The maximum atomic E-state index is 13.2. The molecule has 0 amide bonds. The highest BCUT2D eigenvalue weighted by Gasteiger charge is 2.54. The number of benzene rings is 2. The molecule has 0 aliphatic carbocycles. The molecule has 1 unspecified atom stereocenters. The molecule has 0 radical (unpaired) electrons. The third-order valence-electron chi connectivity index (χ3n) is 6.23. The summed E-state index contributed by atoms with van der Waals surface area (Å²) in [6.07, 6.45) is 2.47. The Kier molecular flexibility index (Phi) is 4.86. The number of aromatic nitrogens is 1. The molecule has 0 N–H and O–H groups in total. The Morgan fingerprint density at radius 1 is 1.10 bits per heavy atom. The van der Waals surface area contributed by atoms with Crippen molar-refractivity contribution >= 4 is 20.9 Å². The van der Waals surface area contributed by atoms with Gasteiger partial charge in [-0.1, -0.05) is 48.5 Å². The second-order valence-corrected chi connectivity index (χ2v) is 10.3. The zero-order chi connectivity index (χ0) is 20.8. The molecule has 1 spiro atoms. The van der Waals surface area contributed by atoms with Crippen molar-refractivity contribution in [2.45, 2.75) is 29.5 Å². The number of likely N-dealkylation sites (N-methyl/N-ethyl adjacent to an activating group) is 1. The lowest BCUT2D eigenvalue weighted by atomic mass is 9.91. The van der Waals surface area contributed by atoms with Crippen LogP contribution in [0.15, 0.2) is 71.8 Å². The second kappa shape index (κ2) is 7.42. The van der Waals surface area contributed by atoms with E-state index in [0.717, 1.165) is 18.4 Å². The predicted molar refractivity (Wildman–Crippen MR) is 115 cm³/mol. The van der Waals surface area contributed by atoms with E-state index in [4.69, 9.17) is 4.74 Å². The highest BCUT2D eigenvalue weighted by atomic mass is 32.2. The quantitative estimate of drug-likeness (QED) is 0.632. The maximum Gasteiger partial charge on any atom is 0.245 e. The molecule has 3 aromatic rings. The van der Waals surface area contributed by atoms with E-state index >= 15 is 0 Å². The van der Waals surface area contributed by atoms with E-state index in [1.165, 1.54) is 9.87 Å². The van der Waals surface area contributed by atoms with Gasteiger partial charge in [0.25, 0.3) is 0 Å². The zero-order valence-electron chi connectivity index (χ0n) is 16.9. The summed E-state index contributed by atoms with van der Waals surface area (Å²) < 4.78 is 34.1. The molecule has 5 rings (SSSR count). The molecule has 156 valence electrons. The van der Waals surface area contributed by atoms with Gasteiger partial charge in [-0.3, -0.25) is 9.88 Å². The van der Waals surface area contributed by atoms with E-state index in [-0.39, 0.29) is 16.5 Å². The summed E-state index contributed by atoms with van der Waals surface area (Å²) >= 11 is 0. The Labute approximate surface area is 177 Å². The lowest BCUT2D eigenvalue weighted by molar-refractivity contribution is -0.0774. The summed E-state index contributed by atoms with van der Waals surface area (Å²) in [7, 11) is -1.50. The van der Waals surface area contributed by atoms with Crippen molar-refractivity contribution in [1.82, 2.24) is 14.2 Å². The second-order valence-electron chi connectivity index (χ2n) is 8.36. The average Bonchev–Trinajstić information content (AvgIpc) is 3.19. The number of hydrogen-bond acceptors (Lipinski definition) is 5. The van der Waals surface area contributed by atoms with Crippen LogP contribution < -0.4 is 0 Å². The lowest BCUT2D eigenvalue weighted by Gasteiger charge is -2.46. The number of ether oxygens (including phenoxy) is 1. The summed E-state index contributed by atoms with van der Waals surface area (Å²) in [5.41, 5.74) is 1.41. The van der Waals surface area contributed by atoms with Gasteiger partial charge in [-0.2, -0.15) is 4.31 Å². The van der Waals surface area contributed by atoms with Crippen LogP contribution in [0.5, 0.6) is 0 Å². The highest BCUT2D eigenvalue weighted by molar-refractivity contribution is 7.89. The third kappa shape index (κ3) is 3.41. The van der Waals surface area contributed by atoms with Gasteiger partial charge in [-0.15, -0.1) is 0 Å². The first-order valence-corrected chi connectivity index (χ1v) is 11.6. The number of pyridine rings is 1. The van der Waals surface area contributed by atoms with Crippen LogP contribution in [-0.2, 0) is 21.3 Å². The van der Waals surface area contributed by atoms with Gasteiger partial charge in [0.1, 0.15) is 4.90 Å². The number of sulfonamides is 1. The molecule has 30 heavy (non-hydrogen) atoms. The minimum atomic E-state index is -3.60. The predicted octanol–water partition coefficient (Wildman–Crippen LogP) is 2.90. The molecule has 3 heterocycles. The summed E-state index contributed by atoms with van der Waals surface area (Å²) in [5.74, 6) is 0. The van der Waals surface area contributed by atoms with Gasteiger partial charge in [-0.25, -0.2) is 8.42 Å². The molecule has 2 saturated heterocycles. The van der Waals surface area contributed by atoms with E-state index < -0.39 is 10.0 Å². The van der Waals surface area contributed by atoms with E-state index in [9.17, 15) is 8.42 Å². The zero-order valence-corrected chi connectivity index (χ0v) is 17.8. The number of rotatable bonds is 5.